The van der Waals surface area contributed by atoms with E-state index in [2.05, 4.69) is 15.5 Å². The fraction of sp³-hybridized carbons (Fsp3) is 0.167. The van der Waals surface area contributed by atoms with E-state index in [0.717, 1.165) is 16.8 Å². The molecule has 0 radical (unpaired) electrons. The predicted molar refractivity (Wildman–Crippen MR) is 61.6 cm³/mol. The molecule has 4 heteroatoms. The molecule has 1 aromatic carbocycles. The first-order chi connectivity index (χ1) is 7.81. The van der Waals surface area contributed by atoms with Gasteiger partial charge in [-0.3, -0.25) is 9.89 Å². The lowest BCUT2D eigenvalue weighted by Gasteiger charge is -2.10. The molecule has 1 amide bonds. The SMILES string of the molecule is C[C@H](NC=O)c1ccc(-c2ccn[nH]2)cc1. The fourth-order valence-electron chi connectivity index (χ4n) is 1.57. The molecule has 0 aliphatic heterocycles. The standard InChI is InChI=1S/C12H13N3O/c1-9(13-8-16)10-2-4-11(5-3-10)12-6-7-14-15-12/h2-9H,1H3,(H,13,16)(H,14,15)/t9-/m0/s1. The Morgan fingerprint density at radius 2 is 2.06 bits per heavy atom. The second-order valence-corrected chi connectivity index (χ2v) is 3.60. The molecule has 0 unspecified atom stereocenters. The summed E-state index contributed by atoms with van der Waals surface area (Å²) in [5.41, 5.74) is 3.15. The van der Waals surface area contributed by atoms with E-state index in [1.807, 2.05) is 37.3 Å². The number of aromatic nitrogens is 2. The Balaban J connectivity index is 2.19. The van der Waals surface area contributed by atoms with E-state index < -0.39 is 0 Å². The topological polar surface area (TPSA) is 57.8 Å². The molecule has 0 spiro atoms. The number of aromatic amines is 1. The van der Waals surface area contributed by atoms with Crippen LogP contribution in [-0.4, -0.2) is 16.6 Å². The monoisotopic (exact) mass is 215 g/mol. The summed E-state index contributed by atoms with van der Waals surface area (Å²) in [4.78, 5) is 10.3. The Morgan fingerprint density at radius 3 is 2.62 bits per heavy atom. The number of hydrogen-bond acceptors (Lipinski definition) is 2. The molecule has 0 fully saturated rings. The van der Waals surface area contributed by atoms with E-state index in [-0.39, 0.29) is 6.04 Å². The molecule has 0 bridgehead atoms. The molecule has 16 heavy (non-hydrogen) atoms. The number of hydrogen-bond donors (Lipinski definition) is 2. The van der Waals surface area contributed by atoms with E-state index in [0.29, 0.717) is 6.41 Å². The van der Waals surface area contributed by atoms with Crippen LogP contribution in [0.4, 0.5) is 0 Å². The fourth-order valence-corrected chi connectivity index (χ4v) is 1.57. The number of H-pyrrole nitrogens is 1. The molecule has 2 N–H and O–H groups in total. The second kappa shape index (κ2) is 4.61. The highest BCUT2D eigenvalue weighted by atomic mass is 16.1. The summed E-state index contributed by atoms with van der Waals surface area (Å²) in [6, 6.07) is 9.96. The summed E-state index contributed by atoms with van der Waals surface area (Å²) < 4.78 is 0. The molecule has 1 aromatic heterocycles. The molecule has 0 saturated heterocycles. The summed E-state index contributed by atoms with van der Waals surface area (Å²) in [6.07, 6.45) is 2.44. The van der Waals surface area contributed by atoms with Crippen molar-refractivity contribution in [2.24, 2.45) is 0 Å². The number of carbonyl (C=O) groups is 1. The summed E-state index contributed by atoms with van der Waals surface area (Å²) in [5, 5.41) is 9.52. The molecule has 2 rings (SSSR count). The van der Waals surface area contributed by atoms with Gasteiger partial charge in [0.2, 0.25) is 6.41 Å². The van der Waals surface area contributed by atoms with Gasteiger partial charge in [0.25, 0.3) is 0 Å². The van der Waals surface area contributed by atoms with Crippen molar-refractivity contribution in [1.29, 1.82) is 0 Å². The van der Waals surface area contributed by atoms with Crippen LogP contribution in [0.1, 0.15) is 18.5 Å². The maximum absolute atomic E-state index is 10.3. The van der Waals surface area contributed by atoms with Crippen molar-refractivity contribution in [3.8, 4) is 11.3 Å². The normalized spacial score (nSPS) is 12.1. The lowest BCUT2D eigenvalue weighted by atomic mass is 10.0. The molecule has 1 atom stereocenters. The lowest BCUT2D eigenvalue weighted by Crippen LogP contribution is -2.15. The van der Waals surface area contributed by atoms with Crippen molar-refractivity contribution in [3.05, 3.63) is 42.1 Å². The maximum Gasteiger partial charge on any atom is 0.207 e. The third-order valence-electron chi connectivity index (χ3n) is 2.54. The Hall–Kier alpha value is -2.10. The second-order valence-electron chi connectivity index (χ2n) is 3.60. The summed E-state index contributed by atoms with van der Waals surface area (Å²) in [6.45, 7) is 1.94. The van der Waals surface area contributed by atoms with Crippen LogP contribution < -0.4 is 5.32 Å². The molecular formula is C12H13N3O. The van der Waals surface area contributed by atoms with Crippen LogP contribution >= 0.6 is 0 Å². The number of benzene rings is 1. The van der Waals surface area contributed by atoms with Gasteiger partial charge in [0, 0.05) is 6.20 Å². The minimum atomic E-state index is 0.0355. The van der Waals surface area contributed by atoms with Gasteiger partial charge in [0.15, 0.2) is 0 Å². The largest absolute Gasteiger partial charge is 0.352 e. The molecule has 82 valence electrons. The summed E-state index contributed by atoms with van der Waals surface area (Å²) in [7, 11) is 0. The van der Waals surface area contributed by atoms with Crippen LogP contribution in [0.25, 0.3) is 11.3 Å². The highest BCUT2D eigenvalue weighted by molar-refractivity contribution is 5.59. The van der Waals surface area contributed by atoms with Gasteiger partial charge in [-0.15, -0.1) is 0 Å². The molecule has 0 aliphatic carbocycles. The van der Waals surface area contributed by atoms with Crippen LogP contribution in [0.5, 0.6) is 0 Å². The van der Waals surface area contributed by atoms with Crippen LogP contribution in [0.3, 0.4) is 0 Å². The van der Waals surface area contributed by atoms with Gasteiger partial charge >= 0.3 is 0 Å². The van der Waals surface area contributed by atoms with Crippen LogP contribution in [0.2, 0.25) is 0 Å². The zero-order valence-electron chi connectivity index (χ0n) is 8.97. The molecule has 4 nitrogen and oxygen atoms in total. The van der Waals surface area contributed by atoms with Gasteiger partial charge < -0.3 is 5.32 Å². The van der Waals surface area contributed by atoms with Gasteiger partial charge in [-0.1, -0.05) is 24.3 Å². The smallest absolute Gasteiger partial charge is 0.207 e. The van der Waals surface area contributed by atoms with Crippen molar-refractivity contribution in [3.63, 3.8) is 0 Å². The third-order valence-corrected chi connectivity index (χ3v) is 2.54. The van der Waals surface area contributed by atoms with Gasteiger partial charge in [-0.25, -0.2) is 0 Å². The first-order valence-corrected chi connectivity index (χ1v) is 5.10. The van der Waals surface area contributed by atoms with Crippen LogP contribution in [0.15, 0.2) is 36.5 Å². The zero-order chi connectivity index (χ0) is 11.4. The van der Waals surface area contributed by atoms with Crippen LogP contribution in [0, 0.1) is 0 Å². The van der Waals surface area contributed by atoms with Gasteiger partial charge in [0.1, 0.15) is 0 Å². The van der Waals surface area contributed by atoms with Crippen molar-refractivity contribution in [2.75, 3.05) is 0 Å². The van der Waals surface area contributed by atoms with Crippen molar-refractivity contribution in [1.82, 2.24) is 15.5 Å². The zero-order valence-corrected chi connectivity index (χ0v) is 8.97. The number of rotatable bonds is 4. The van der Waals surface area contributed by atoms with E-state index in [4.69, 9.17) is 0 Å². The van der Waals surface area contributed by atoms with Crippen molar-refractivity contribution < 1.29 is 4.79 Å². The number of amides is 1. The molecule has 0 saturated carbocycles. The number of nitrogens with zero attached hydrogens (tertiary/aromatic N) is 1. The van der Waals surface area contributed by atoms with Crippen LogP contribution in [-0.2, 0) is 4.79 Å². The maximum atomic E-state index is 10.3. The van der Waals surface area contributed by atoms with Crippen molar-refractivity contribution in [2.45, 2.75) is 13.0 Å². The Morgan fingerprint density at radius 1 is 1.31 bits per heavy atom. The first-order valence-electron chi connectivity index (χ1n) is 5.10. The molecule has 1 heterocycles. The van der Waals surface area contributed by atoms with Gasteiger partial charge in [-0.05, 0) is 24.1 Å². The summed E-state index contributed by atoms with van der Waals surface area (Å²) >= 11 is 0. The van der Waals surface area contributed by atoms with E-state index in [1.165, 1.54) is 0 Å². The minimum absolute atomic E-state index is 0.0355. The molecule has 0 aliphatic rings. The van der Waals surface area contributed by atoms with E-state index in [1.54, 1.807) is 6.20 Å². The predicted octanol–water partition coefficient (Wildman–Crippen LogP) is 1.88. The van der Waals surface area contributed by atoms with E-state index in [9.17, 15) is 4.79 Å². The highest BCUT2D eigenvalue weighted by Crippen LogP contribution is 2.19. The molecule has 2 aromatic rings. The summed E-state index contributed by atoms with van der Waals surface area (Å²) in [5.74, 6) is 0. The van der Waals surface area contributed by atoms with Crippen molar-refractivity contribution >= 4 is 6.41 Å². The quantitative estimate of drug-likeness (QED) is 0.765. The number of nitrogens with one attached hydrogen (secondary N) is 2. The van der Waals surface area contributed by atoms with Gasteiger partial charge in [-0.2, -0.15) is 5.10 Å². The van der Waals surface area contributed by atoms with Gasteiger partial charge in [0.05, 0.1) is 11.7 Å². The highest BCUT2D eigenvalue weighted by Gasteiger charge is 2.04. The Bertz CT molecular complexity index is 448. The van der Waals surface area contributed by atoms with E-state index >= 15 is 0 Å². The lowest BCUT2D eigenvalue weighted by molar-refractivity contribution is -0.110. The average molecular weight is 215 g/mol. The average Bonchev–Trinajstić information content (AvgIpc) is 2.83. The number of carbonyl (C=O) groups excluding carboxylic acids is 1. The molecular weight excluding hydrogens is 202 g/mol. The Labute approximate surface area is 93.7 Å². The third kappa shape index (κ3) is 2.11. The Kier molecular flexibility index (Phi) is 3.00. The minimum Gasteiger partial charge on any atom is -0.352 e. The first kappa shape index (κ1) is 10.4.